The summed E-state index contributed by atoms with van der Waals surface area (Å²) in [6.07, 6.45) is -4.04. The lowest BCUT2D eigenvalue weighted by Gasteiger charge is -2.07. The van der Waals surface area contributed by atoms with Gasteiger partial charge in [-0.05, 0) is 24.3 Å². The van der Waals surface area contributed by atoms with E-state index in [2.05, 4.69) is 15.5 Å². The molecule has 2 aromatic rings. The fourth-order valence-electron chi connectivity index (χ4n) is 1.78. The van der Waals surface area contributed by atoms with Crippen LogP contribution in [0.3, 0.4) is 0 Å². The number of carbonyl (C=O) groups excluding carboxylic acids is 1. The number of alkyl halides is 3. The van der Waals surface area contributed by atoms with Gasteiger partial charge >= 0.3 is 6.18 Å². The summed E-state index contributed by atoms with van der Waals surface area (Å²) in [6, 6.07) is 1.51. The summed E-state index contributed by atoms with van der Waals surface area (Å²) in [5.74, 6) is 0.00925. The van der Waals surface area contributed by atoms with Gasteiger partial charge in [-0.2, -0.15) is 18.2 Å². The third-order valence-electron chi connectivity index (χ3n) is 2.88. The molecule has 2 heterocycles. The van der Waals surface area contributed by atoms with Gasteiger partial charge in [0.2, 0.25) is 5.91 Å². The minimum atomic E-state index is -4.54. The molecule has 0 spiro atoms. The van der Waals surface area contributed by atoms with Crippen molar-refractivity contribution >= 4 is 22.9 Å². The normalized spacial score (nSPS) is 15.2. The lowest BCUT2D eigenvalue weighted by Crippen LogP contribution is -2.21. The molecule has 1 aliphatic rings. The van der Waals surface area contributed by atoms with Gasteiger partial charge in [0.15, 0.2) is 5.82 Å². The van der Waals surface area contributed by atoms with Gasteiger partial charge in [-0.1, -0.05) is 5.16 Å². The fourth-order valence-corrected chi connectivity index (χ4v) is 2.55. The van der Waals surface area contributed by atoms with E-state index in [0.717, 1.165) is 12.8 Å². The number of anilines is 1. The average molecular weight is 317 g/mol. The van der Waals surface area contributed by atoms with E-state index in [4.69, 9.17) is 4.52 Å². The maximum atomic E-state index is 12.2. The number of rotatable bonds is 4. The Balaban J connectivity index is 1.75. The molecule has 3 rings (SSSR count). The van der Waals surface area contributed by atoms with Crippen molar-refractivity contribution in [3.8, 4) is 10.8 Å². The Morgan fingerprint density at radius 2 is 2.24 bits per heavy atom. The number of aromatic nitrogens is 2. The Bertz CT molecular complexity index is 661. The number of halogens is 3. The van der Waals surface area contributed by atoms with Gasteiger partial charge in [0.1, 0.15) is 11.3 Å². The first-order chi connectivity index (χ1) is 9.92. The molecule has 0 aromatic carbocycles. The molecular formula is C12H10F3N3O2S. The molecule has 1 amide bonds. The molecule has 1 N–H and O–H groups in total. The van der Waals surface area contributed by atoms with E-state index >= 15 is 0 Å². The summed E-state index contributed by atoms with van der Waals surface area (Å²) in [6.45, 7) is 0. The van der Waals surface area contributed by atoms with Crippen LogP contribution in [-0.4, -0.2) is 22.2 Å². The van der Waals surface area contributed by atoms with E-state index in [9.17, 15) is 18.0 Å². The highest BCUT2D eigenvalue weighted by molar-refractivity contribution is 7.14. The highest BCUT2D eigenvalue weighted by atomic mass is 32.1. The lowest BCUT2D eigenvalue weighted by atomic mass is 10.3. The number of hydrogen-bond donors (Lipinski definition) is 1. The van der Waals surface area contributed by atoms with Crippen molar-refractivity contribution in [2.75, 3.05) is 5.32 Å². The van der Waals surface area contributed by atoms with Gasteiger partial charge in [0, 0.05) is 5.92 Å². The molecular weight excluding hydrogens is 307 g/mol. The fraction of sp³-hybridized carbons (Fsp3) is 0.417. The van der Waals surface area contributed by atoms with Crippen LogP contribution in [0.5, 0.6) is 0 Å². The van der Waals surface area contributed by atoms with E-state index in [0.29, 0.717) is 16.6 Å². The van der Waals surface area contributed by atoms with Gasteiger partial charge in [-0.25, -0.2) is 0 Å². The molecule has 0 radical (unpaired) electrons. The van der Waals surface area contributed by atoms with Gasteiger partial charge < -0.3 is 9.84 Å². The molecule has 0 bridgehead atoms. The Labute approximate surface area is 121 Å². The molecule has 0 aliphatic heterocycles. The number of hydrogen-bond acceptors (Lipinski definition) is 5. The van der Waals surface area contributed by atoms with Crippen molar-refractivity contribution in [2.45, 2.75) is 31.4 Å². The van der Waals surface area contributed by atoms with Crippen LogP contribution in [0.25, 0.3) is 10.8 Å². The molecule has 0 atom stereocenters. The first-order valence-electron chi connectivity index (χ1n) is 6.20. The number of nitrogens with zero attached hydrogens (tertiary/aromatic N) is 2. The van der Waals surface area contributed by atoms with Crippen molar-refractivity contribution in [1.82, 2.24) is 10.1 Å². The Hall–Kier alpha value is -1.90. The first-order valence-corrected chi connectivity index (χ1v) is 7.08. The molecule has 1 fully saturated rings. The third kappa shape index (κ3) is 3.41. The van der Waals surface area contributed by atoms with Crippen molar-refractivity contribution in [3.63, 3.8) is 0 Å². The van der Waals surface area contributed by atoms with Gasteiger partial charge in [0.25, 0.3) is 5.89 Å². The Kier molecular flexibility index (Phi) is 3.44. The van der Waals surface area contributed by atoms with Crippen LogP contribution in [0.2, 0.25) is 0 Å². The summed E-state index contributed by atoms with van der Waals surface area (Å²) in [7, 11) is 0. The topological polar surface area (TPSA) is 68.0 Å². The summed E-state index contributed by atoms with van der Waals surface area (Å²) in [5.41, 5.74) is 0.250. The number of thiophene rings is 1. The Morgan fingerprint density at radius 1 is 1.48 bits per heavy atom. The van der Waals surface area contributed by atoms with Gasteiger partial charge in [-0.15, -0.1) is 11.3 Å². The van der Waals surface area contributed by atoms with Crippen molar-refractivity contribution in [1.29, 1.82) is 0 Å². The number of nitrogens with one attached hydrogen (secondary N) is 1. The first kappa shape index (κ1) is 14.1. The van der Waals surface area contributed by atoms with E-state index in [1.165, 1.54) is 17.4 Å². The highest BCUT2D eigenvalue weighted by Gasteiger charge is 2.32. The SMILES string of the molecule is O=C(CC(F)(F)F)Nc1ccsc1-c1nc(C2CC2)no1. The zero-order valence-electron chi connectivity index (χ0n) is 10.6. The van der Waals surface area contributed by atoms with E-state index < -0.39 is 18.5 Å². The molecule has 9 heteroatoms. The van der Waals surface area contributed by atoms with Crippen LogP contribution in [0.15, 0.2) is 16.0 Å². The van der Waals surface area contributed by atoms with Gasteiger partial charge in [0.05, 0.1) is 5.69 Å². The number of carbonyl (C=O) groups is 1. The standard InChI is InChI=1S/C12H10F3N3O2S/c13-12(14,15)5-8(19)16-7-3-4-21-9(7)11-17-10(18-20-11)6-1-2-6/h3-4,6H,1-2,5H2,(H,16,19). The van der Waals surface area contributed by atoms with Crippen LogP contribution in [0, 0.1) is 0 Å². The zero-order valence-corrected chi connectivity index (χ0v) is 11.4. The zero-order chi connectivity index (χ0) is 15.0. The summed E-state index contributed by atoms with van der Waals surface area (Å²) < 4.78 is 41.6. The number of amides is 1. The monoisotopic (exact) mass is 317 g/mol. The summed E-state index contributed by atoms with van der Waals surface area (Å²) in [4.78, 5) is 16.0. The van der Waals surface area contributed by atoms with Crippen LogP contribution < -0.4 is 5.32 Å². The minimum Gasteiger partial charge on any atom is -0.333 e. The predicted octanol–water partition coefficient (Wildman–Crippen LogP) is 3.57. The second kappa shape index (κ2) is 5.14. The van der Waals surface area contributed by atoms with Gasteiger partial charge in [-0.3, -0.25) is 4.79 Å². The van der Waals surface area contributed by atoms with E-state index in [-0.39, 0.29) is 11.6 Å². The highest BCUT2D eigenvalue weighted by Crippen LogP contribution is 2.40. The Morgan fingerprint density at radius 3 is 2.90 bits per heavy atom. The van der Waals surface area contributed by atoms with Crippen LogP contribution >= 0.6 is 11.3 Å². The predicted molar refractivity (Wildman–Crippen MR) is 68.9 cm³/mol. The summed E-state index contributed by atoms with van der Waals surface area (Å²) in [5, 5.41) is 7.70. The minimum absolute atomic E-state index is 0.217. The van der Waals surface area contributed by atoms with Crippen LogP contribution in [-0.2, 0) is 4.79 Å². The van der Waals surface area contributed by atoms with Crippen LogP contribution in [0.4, 0.5) is 18.9 Å². The maximum absolute atomic E-state index is 12.2. The third-order valence-corrected chi connectivity index (χ3v) is 3.78. The van der Waals surface area contributed by atoms with E-state index in [1.807, 2.05) is 0 Å². The molecule has 5 nitrogen and oxygen atoms in total. The second-order valence-electron chi connectivity index (χ2n) is 4.74. The second-order valence-corrected chi connectivity index (χ2v) is 5.65. The lowest BCUT2D eigenvalue weighted by molar-refractivity contribution is -0.150. The van der Waals surface area contributed by atoms with Crippen molar-refractivity contribution in [2.24, 2.45) is 0 Å². The summed E-state index contributed by atoms with van der Waals surface area (Å²) >= 11 is 1.22. The maximum Gasteiger partial charge on any atom is 0.397 e. The smallest absolute Gasteiger partial charge is 0.333 e. The van der Waals surface area contributed by atoms with Crippen molar-refractivity contribution in [3.05, 3.63) is 17.3 Å². The molecule has 0 saturated heterocycles. The quantitative estimate of drug-likeness (QED) is 0.936. The largest absolute Gasteiger partial charge is 0.397 e. The van der Waals surface area contributed by atoms with E-state index in [1.54, 1.807) is 5.38 Å². The molecule has 1 aliphatic carbocycles. The van der Waals surface area contributed by atoms with Crippen LogP contribution in [0.1, 0.15) is 31.0 Å². The van der Waals surface area contributed by atoms with Crippen molar-refractivity contribution < 1.29 is 22.5 Å². The molecule has 21 heavy (non-hydrogen) atoms. The molecule has 112 valence electrons. The average Bonchev–Trinajstić information content (AvgIpc) is 2.93. The molecule has 2 aromatic heterocycles. The molecule has 1 saturated carbocycles. The molecule has 0 unspecified atom stereocenters.